The zero-order valence-electron chi connectivity index (χ0n) is 15.3. The van der Waals surface area contributed by atoms with Crippen molar-refractivity contribution in [2.24, 2.45) is 0 Å². The molecule has 2 aromatic heterocycles. The lowest BCUT2D eigenvalue weighted by Gasteiger charge is -2.21. The maximum Gasteiger partial charge on any atom is 0.255 e. The first-order chi connectivity index (χ1) is 13.3. The van der Waals surface area contributed by atoms with Crippen LogP contribution in [0.25, 0.3) is 5.82 Å². The van der Waals surface area contributed by atoms with E-state index in [0.717, 1.165) is 5.56 Å². The molecule has 1 N–H and O–H groups in total. The molecule has 10 heteroatoms. The monoisotopic (exact) mass is 398 g/mol. The number of carbonyl (C=O) groups excluding carboxylic acids is 1. The molecule has 3 aromatic rings. The molecule has 1 atom stereocenters. The van der Waals surface area contributed by atoms with Crippen LogP contribution < -0.4 is 9.62 Å². The summed E-state index contributed by atoms with van der Waals surface area (Å²) in [6.07, 6.45) is 6.24. The number of amides is 1. The number of fused-ring (bicyclic) bond motifs is 1. The van der Waals surface area contributed by atoms with E-state index in [1.54, 1.807) is 30.3 Å². The van der Waals surface area contributed by atoms with Crippen molar-refractivity contribution in [3.05, 3.63) is 60.3 Å². The van der Waals surface area contributed by atoms with Gasteiger partial charge in [-0.05, 0) is 49.2 Å². The first-order valence-electron chi connectivity index (χ1n) is 8.57. The summed E-state index contributed by atoms with van der Waals surface area (Å²) in [6.45, 7) is 1.85. The molecule has 144 valence electrons. The highest BCUT2D eigenvalue weighted by Crippen LogP contribution is 2.34. The Balaban J connectivity index is 1.53. The number of hydrogen-bond acceptors (Lipinski definition) is 6. The first kappa shape index (κ1) is 18.1. The third-order valence-electron chi connectivity index (χ3n) is 4.51. The maximum atomic E-state index is 12.6. The molecule has 28 heavy (non-hydrogen) atoms. The quantitative estimate of drug-likeness (QED) is 0.715. The largest absolute Gasteiger partial charge is 0.321 e. The number of nitrogens with one attached hydrogen (secondary N) is 1. The Labute approximate surface area is 162 Å². The highest BCUT2D eigenvalue weighted by atomic mass is 32.2. The van der Waals surface area contributed by atoms with Crippen LogP contribution in [0, 0.1) is 0 Å². The van der Waals surface area contributed by atoms with E-state index < -0.39 is 10.0 Å². The Kier molecular flexibility index (Phi) is 4.34. The van der Waals surface area contributed by atoms with Crippen molar-refractivity contribution < 1.29 is 13.2 Å². The van der Waals surface area contributed by atoms with Gasteiger partial charge >= 0.3 is 0 Å². The Bertz CT molecular complexity index is 1130. The van der Waals surface area contributed by atoms with E-state index in [-0.39, 0.29) is 11.9 Å². The van der Waals surface area contributed by atoms with Gasteiger partial charge in [0.2, 0.25) is 10.0 Å². The number of nitrogens with zero attached hydrogens (tertiary/aromatic N) is 5. The van der Waals surface area contributed by atoms with Gasteiger partial charge in [0.15, 0.2) is 5.82 Å². The lowest BCUT2D eigenvalue weighted by molar-refractivity contribution is 0.102. The fourth-order valence-electron chi connectivity index (χ4n) is 3.37. The van der Waals surface area contributed by atoms with Crippen molar-refractivity contribution >= 4 is 27.3 Å². The lowest BCUT2D eigenvalue weighted by Crippen LogP contribution is -2.34. The Morgan fingerprint density at radius 2 is 2.07 bits per heavy atom. The number of hydrogen-bond donors (Lipinski definition) is 1. The van der Waals surface area contributed by atoms with Gasteiger partial charge in [0, 0.05) is 11.6 Å². The molecule has 0 radical (unpaired) electrons. The molecule has 3 heterocycles. The summed E-state index contributed by atoms with van der Waals surface area (Å²) in [6, 6.07) is 8.32. The summed E-state index contributed by atoms with van der Waals surface area (Å²) in [5, 5.41) is 6.79. The molecular weight excluding hydrogens is 380 g/mol. The Morgan fingerprint density at radius 1 is 1.25 bits per heavy atom. The molecule has 1 aliphatic rings. The average molecular weight is 398 g/mol. The van der Waals surface area contributed by atoms with Crippen molar-refractivity contribution in [2.45, 2.75) is 19.4 Å². The van der Waals surface area contributed by atoms with E-state index in [1.165, 1.54) is 34.1 Å². The average Bonchev–Trinajstić information content (AvgIpc) is 3.27. The molecule has 4 rings (SSSR count). The van der Waals surface area contributed by atoms with Crippen LogP contribution in [0.15, 0.2) is 49.2 Å². The summed E-state index contributed by atoms with van der Waals surface area (Å²) in [5.74, 6) is 0.298. The molecule has 0 unspecified atom stereocenters. The third-order valence-corrected chi connectivity index (χ3v) is 5.78. The topological polar surface area (TPSA) is 110 Å². The fraction of sp³-hybridized carbons (Fsp3) is 0.222. The van der Waals surface area contributed by atoms with Gasteiger partial charge in [0.1, 0.15) is 12.7 Å². The maximum absolute atomic E-state index is 12.6. The van der Waals surface area contributed by atoms with Crippen molar-refractivity contribution in [3.8, 4) is 5.82 Å². The summed E-state index contributed by atoms with van der Waals surface area (Å²) in [7, 11) is -3.36. The zero-order chi connectivity index (χ0) is 19.9. The molecule has 9 nitrogen and oxygen atoms in total. The number of aromatic nitrogens is 4. The smallest absolute Gasteiger partial charge is 0.255 e. The summed E-state index contributed by atoms with van der Waals surface area (Å²) in [4.78, 5) is 20.7. The van der Waals surface area contributed by atoms with Crippen molar-refractivity contribution in [3.63, 3.8) is 0 Å². The van der Waals surface area contributed by atoms with Gasteiger partial charge in [0.25, 0.3) is 5.91 Å². The van der Waals surface area contributed by atoms with Crippen LogP contribution in [0.2, 0.25) is 0 Å². The number of benzene rings is 1. The standard InChI is InChI=1S/C18H18N6O3S/c1-12-7-14-8-13(3-5-16(14)24(12)28(2,26)27)18(25)22-15-4-6-17(20-9-15)23-11-19-10-21-23/h3-6,8-12H,7H2,1-2H3,(H,22,25)/t12-/m1/s1. The van der Waals surface area contributed by atoms with Crippen LogP contribution in [0.5, 0.6) is 0 Å². The second kappa shape index (κ2) is 6.71. The Hall–Kier alpha value is -3.27. The van der Waals surface area contributed by atoms with E-state index in [4.69, 9.17) is 0 Å². The van der Waals surface area contributed by atoms with Crippen molar-refractivity contribution in [2.75, 3.05) is 15.9 Å². The number of rotatable bonds is 4. The normalized spacial score (nSPS) is 16.1. The molecule has 1 aliphatic heterocycles. The molecule has 1 aromatic carbocycles. The SMILES string of the molecule is C[C@@H]1Cc2cc(C(=O)Nc3ccc(-n4cncn4)nc3)ccc2N1S(C)(=O)=O. The minimum atomic E-state index is -3.36. The van der Waals surface area contributed by atoms with Gasteiger partial charge in [0.05, 0.1) is 23.8 Å². The van der Waals surface area contributed by atoms with Crippen LogP contribution >= 0.6 is 0 Å². The van der Waals surface area contributed by atoms with Crippen molar-refractivity contribution in [1.82, 2.24) is 19.7 Å². The predicted octanol–water partition coefficient (Wildman–Crippen LogP) is 1.63. The van der Waals surface area contributed by atoms with E-state index in [1.807, 2.05) is 6.92 Å². The summed E-state index contributed by atoms with van der Waals surface area (Å²) in [5.41, 5.74) is 2.47. The van der Waals surface area contributed by atoms with E-state index in [2.05, 4.69) is 20.4 Å². The van der Waals surface area contributed by atoms with E-state index in [0.29, 0.717) is 29.2 Å². The highest BCUT2D eigenvalue weighted by molar-refractivity contribution is 7.92. The van der Waals surface area contributed by atoms with Crippen LogP contribution in [0.4, 0.5) is 11.4 Å². The molecule has 0 saturated heterocycles. The summed E-state index contributed by atoms with van der Waals surface area (Å²) < 4.78 is 26.9. The highest BCUT2D eigenvalue weighted by Gasteiger charge is 2.32. The number of carbonyl (C=O) groups is 1. The number of sulfonamides is 1. The number of pyridine rings is 1. The number of anilines is 2. The van der Waals surface area contributed by atoms with Gasteiger partial charge in [-0.3, -0.25) is 9.10 Å². The van der Waals surface area contributed by atoms with Gasteiger partial charge in [-0.15, -0.1) is 0 Å². The second-order valence-electron chi connectivity index (χ2n) is 6.65. The first-order valence-corrected chi connectivity index (χ1v) is 10.4. The Morgan fingerprint density at radius 3 is 2.71 bits per heavy atom. The second-order valence-corrected chi connectivity index (χ2v) is 8.51. The minimum absolute atomic E-state index is 0.170. The van der Waals surface area contributed by atoms with Gasteiger partial charge < -0.3 is 5.32 Å². The van der Waals surface area contributed by atoms with Crippen LogP contribution in [0.3, 0.4) is 0 Å². The minimum Gasteiger partial charge on any atom is -0.321 e. The molecule has 0 aliphatic carbocycles. The molecule has 0 fully saturated rings. The fourth-order valence-corrected chi connectivity index (χ4v) is 4.64. The van der Waals surface area contributed by atoms with Gasteiger partial charge in [-0.25, -0.2) is 23.1 Å². The van der Waals surface area contributed by atoms with E-state index >= 15 is 0 Å². The zero-order valence-corrected chi connectivity index (χ0v) is 16.1. The van der Waals surface area contributed by atoms with Crippen LogP contribution in [0.1, 0.15) is 22.8 Å². The van der Waals surface area contributed by atoms with Gasteiger partial charge in [-0.2, -0.15) is 5.10 Å². The van der Waals surface area contributed by atoms with Crippen LogP contribution in [-0.4, -0.2) is 46.4 Å². The molecular formula is C18H18N6O3S. The van der Waals surface area contributed by atoms with Crippen LogP contribution in [-0.2, 0) is 16.4 Å². The molecule has 1 amide bonds. The van der Waals surface area contributed by atoms with Gasteiger partial charge in [-0.1, -0.05) is 0 Å². The predicted molar refractivity (Wildman–Crippen MR) is 104 cm³/mol. The molecule has 0 saturated carbocycles. The summed E-state index contributed by atoms with van der Waals surface area (Å²) >= 11 is 0. The molecule has 0 spiro atoms. The lowest BCUT2D eigenvalue weighted by atomic mass is 10.1. The molecule has 0 bridgehead atoms. The third kappa shape index (κ3) is 3.33. The van der Waals surface area contributed by atoms with E-state index in [9.17, 15) is 13.2 Å². The van der Waals surface area contributed by atoms with Crippen molar-refractivity contribution in [1.29, 1.82) is 0 Å².